The number of rotatable bonds is 5. The van der Waals surface area contributed by atoms with Crippen molar-refractivity contribution in [1.29, 1.82) is 0 Å². The van der Waals surface area contributed by atoms with Crippen molar-refractivity contribution >= 4 is 20.1 Å². The molecular weight excluding hydrogens is 258 g/mol. The van der Waals surface area contributed by atoms with Gasteiger partial charge in [-0.25, -0.2) is 4.79 Å². The Morgan fingerprint density at radius 1 is 1.47 bits per heavy atom. The monoisotopic (exact) mass is 283 g/mol. The third kappa shape index (κ3) is 2.61. The van der Waals surface area contributed by atoms with Crippen LogP contribution in [0.5, 0.6) is 0 Å². The maximum atomic E-state index is 12.3. The first-order chi connectivity index (χ1) is 8.55. The molecule has 0 unspecified atom stereocenters. The minimum absolute atomic E-state index is 0.0147. The quantitative estimate of drug-likeness (QED) is 0.479. The Morgan fingerprint density at radius 2 is 2.00 bits per heavy atom. The molecule has 0 aliphatic carbocycles. The Hall–Kier alpha value is -1.10. The van der Waals surface area contributed by atoms with Crippen LogP contribution in [0.4, 0.5) is 0 Å². The molecule has 5 heteroatoms. The largest absolute Gasteiger partial charge is 0.480 e. The molecule has 1 amide bonds. The van der Waals surface area contributed by atoms with Crippen LogP contribution in [0.2, 0.25) is 18.1 Å². The minimum Gasteiger partial charge on any atom is -0.480 e. The fourth-order valence-corrected chi connectivity index (χ4v) is 4.82. The van der Waals surface area contributed by atoms with Crippen LogP contribution in [0.3, 0.4) is 0 Å². The summed E-state index contributed by atoms with van der Waals surface area (Å²) < 4.78 is 1.68. The Bertz CT molecular complexity index is 398. The van der Waals surface area contributed by atoms with Crippen LogP contribution in [-0.4, -0.2) is 35.8 Å². The van der Waals surface area contributed by atoms with Gasteiger partial charge in [0.15, 0.2) is 8.24 Å². The van der Waals surface area contributed by atoms with Gasteiger partial charge in [-0.05, 0) is 17.9 Å². The number of hydrogen-bond acceptors (Lipinski definition) is 2. The van der Waals surface area contributed by atoms with Crippen LogP contribution in [0.1, 0.15) is 33.6 Å². The number of allylic oxidation sites excluding steroid dienone is 1. The van der Waals surface area contributed by atoms with Gasteiger partial charge in [0, 0.05) is 0 Å². The van der Waals surface area contributed by atoms with Gasteiger partial charge in [-0.2, -0.15) is 0 Å². The van der Waals surface area contributed by atoms with Crippen molar-refractivity contribution in [2.75, 3.05) is 0 Å². The van der Waals surface area contributed by atoms with E-state index in [1.807, 2.05) is 0 Å². The smallest absolute Gasteiger partial charge is 0.326 e. The van der Waals surface area contributed by atoms with E-state index in [4.69, 9.17) is 0 Å². The molecule has 1 aliphatic heterocycles. The molecule has 0 aromatic heterocycles. The molecule has 2 atom stereocenters. The Kier molecular flexibility index (Phi) is 4.29. The number of hydrogen-bond donors (Lipinski definition) is 1. The van der Waals surface area contributed by atoms with Gasteiger partial charge in [-0.1, -0.05) is 39.9 Å². The van der Waals surface area contributed by atoms with Crippen molar-refractivity contribution in [3.8, 4) is 0 Å². The van der Waals surface area contributed by atoms with Gasteiger partial charge in [0.2, 0.25) is 5.91 Å². The van der Waals surface area contributed by atoms with Gasteiger partial charge < -0.3 is 9.67 Å². The molecule has 1 N–H and O–H groups in total. The van der Waals surface area contributed by atoms with Crippen molar-refractivity contribution in [3.63, 3.8) is 0 Å². The molecule has 1 heterocycles. The fourth-order valence-electron chi connectivity index (χ4n) is 2.39. The average molecular weight is 283 g/mol. The number of carbonyl (C=O) groups excluding carboxylic acids is 1. The van der Waals surface area contributed by atoms with E-state index in [1.165, 1.54) is 0 Å². The van der Waals surface area contributed by atoms with Crippen LogP contribution >= 0.6 is 0 Å². The lowest BCUT2D eigenvalue weighted by atomic mass is 9.86. The Balaban J connectivity index is 3.00. The highest BCUT2D eigenvalue weighted by atomic mass is 28.3. The molecule has 19 heavy (non-hydrogen) atoms. The lowest BCUT2D eigenvalue weighted by molar-refractivity contribution is -0.164. The molecule has 1 saturated heterocycles. The summed E-state index contributed by atoms with van der Waals surface area (Å²) in [5.41, 5.74) is 0. The van der Waals surface area contributed by atoms with E-state index in [9.17, 15) is 14.7 Å². The van der Waals surface area contributed by atoms with Gasteiger partial charge in [0.25, 0.3) is 0 Å². The summed E-state index contributed by atoms with van der Waals surface area (Å²) in [5.74, 6) is -1.23. The van der Waals surface area contributed by atoms with E-state index >= 15 is 0 Å². The number of carboxylic acids is 1. The second-order valence-corrected chi connectivity index (χ2v) is 11.9. The normalized spacial score (nSPS) is 24.1. The maximum Gasteiger partial charge on any atom is 0.326 e. The first-order valence-corrected chi connectivity index (χ1v) is 9.67. The zero-order chi connectivity index (χ0) is 15.0. The van der Waals surface area contributed by atoms with Crippen LogP contribution in [0.15, 0.2) is 12.7 Å². The molecule has 4 nitrogen and oxygen atoms in total. The summed E-state index contributed by atoms with van der Waals surface area (Å²) in [4.78, 5) is 23.8. The molecule has 0 aromatic carbocycles. The van der Waals surface area contributed by atoms with E-state index in [1.54, 1.807) is 10.6 Å². The number of amides is 1. The second kappa shape index (κ2) is 5.11. The van der Waals surface area contributed by atoms with E-state index in [0.29, 0.717) is 12.8 Å². The highest BCUT2D eigenvalue weighted by Gasteiger charge is 2.59. The third-order valence-corrected chi connectivity index (χ3v) is 9.96. The zero-order valence-corrected chi connectivity index (χ0v) is 13.6. The summed E-state index contributed by atoms with van der Waals surface area (Å²) in [6, 6.07) is -0.645. The molecule has 0 spiro atoms. The van der Waals surface area contributed by atoms with Crippen molar-refractivity contribution in [3.05, 3.63) is 12.7 Å². The number of carboxylic acid groups (broad SMARTS) is 1. The average Bonchev–Trinajstić information content (AvgIpc) is 2.23. The van der Waals surface area contributed by atoms with Crippen molar-refractivity contribution in [1.82, 2.24) is 4.57 Å². The lowest BCUT2D eigenvalue weighted by Gasteiger charge is -2.56. The molecule has 0 bridgehead atoms. The van der Waals surface area contributed by atoms with Crippen molar-refractivity contribution < 1.29 is 14.7 Å². The van der Waals surface area contributed by atoms with Crippen LogP contribution in [0, 0.1) is 5.92 Å². The number of nitrogens with zero attached hydrogens (tertiary/aromatic N) is 1. The molecule has 0 aromatic rings. The molecular formula is C14H25NO3Si. The van der Waals surface area contributed by atoms with E-state index < -0.39 is 20.2 Å². The predicted octanol–water partition coefficient (Wildman–Crippen LogP) is 2.87. The molecule has 0 saturated carbocycles. The summed E-state index contributed by atoms with van der Waals surface area (Å²) >= 11 is 0. The van der Waals surface area contributed by atoms with E-state index in [0.717, 1.165) is 0 Å². The molecule has 1 aliphatic rings. The lowest BCUT2D eigenvalue weighted by Crippen LogP contribution is -2.74. The standard InChI is InChI=1S/C14H25NO3Si/c1-7-8-9-10-11(13(17)18)15(12(10)16)19(5,6)14(2,3)4/h7,10-11H,1,8-9H2,2-6H3,(H,17,18)/t10-,11+/m1/s1. The van der Waals surface area contributed by atoms with Crippen molar-refractivity contribution in [2.45, 2.75) is 57.8 Å². The first kappa shape index (κ1) is 16.0. The fraction of sp³-hybridized carbons (Fsp3) is 0.714. The van der Waals surface area contributed by atoms with Gasteiger partial charge >= 0.3 is 5.97 Å². The van der Waals surface area contributed by atoms with Gasteiger partial charge in [-0.3, -0.25) is 4.79 Å². The minimum atomic E-state index is -2.11. The SMILES string of the molecule is C=CCC[C@H]1C(=O)N([Si](C)(C)C(C)(C)C)[C@@H]1C(=O)O. The van der Waals surface area contributed by atoms with E-state index in [-0.39, 0.29) is 16.9 Å². The number of carbonyl (C=O) groups is 2. The molecule has 1 rings (SSSR count). The summed E-state index contributed by atoms with van der Waals surface area (Å²) in [6.07, 6.45) is 3.01. The summed E-state index contributed by atoms with van der Waals surface area (Å²) in [7, 11) is -2.11. The van der Waals surface area contributed by atoms with Gasteiger partial charge in [0.1, 0.15) is 6.04 Å². The summed E-state index contributed by atoms with van der Waals surface area (Å²) in [5, 5.41) is 9.38. The van der Waals surface area contributed by atoms with E-state index in [2.05, 4.69) is 40.4 Å². The number of β-lactam (4-membered cyclic amide) rings is 1. The maximum absolute atomic E-state index is 12.3. The number of aliphatic carboxylic acids is 1. The zero-order valence-electron chi connectivity index (χ0n) is 12.6. The topological polar surface area (TPSA) is 57.6 Å². The second-order valence-electron chi connectivity index (χ2n) is 6.77. The third-order valence-electron chi connectivity index (χ3n) is 4.59. The molecule has 108 valence electrons. The highest BCUT2D eigenvalue weighted by Crippen LogP contribution is 2.45. The first-order valence-electron chi connectivity index (χ1n) is 6.72. The van der Waals surface area contributed by atoms with Crippen molar-refractivity contribution in [2.24, 2.45) is 5.92 Å². The predicted molar refractivity (Wildman–Crippen MR) is 78.4 cm³/mol. The van der Waals surface area contributed by atoms with Crippen LogP contribution in [-0.2, 0) is 9.59 Å². The van der Waals surface area contributed by atoms with Crippen LogP contribution < -0.4 is 0 Å². The Morgan fingerprint density at radius 3 is 2.37 bits per heavy atom. The van der Waals surface area contributed by atoms with Gasteiger partial charge in [-0.15, -0.1) is 6.58 Å². The summed E-state index contributed by atoms with van der Waals surface area (Å²) in [6.45, 7) is 14.0. The van der Waals surface area contributed by atoms with Crippen LogP contribution in [0.25, 0.3) is 0 Å². The Labute approximate surface area is 116 Å². The molecule has 1 fully saturated rings. The molecule has 0 radical (unpaired) electrons. The van der Waals surface area contributed by atoms with Gasteiger partial charge in [0.05, 0.1) is 5.92 Å². The highest BCUT2D eigenvalue weighted by molar-refractivity contribution is 6.80.